The van der Waals surface area contributed by atoms with E-state index in [9.17, 15) is 14.9 Å². The van der Waals surface area contributed by atoms with E-state index in [0.29, 0.717) is 31.6 Å². The summed E-state index contributed by atoms with van der Waals surface area (Å²) < 4.78 is 1.70. The third kappa shape index (κ3) is 2.63. The van der Waals surface area contributed by atoms with Crippen molar-refractivity contribution in [1.29, 1.82) is 5.26 Å². The molecular formula is C17H16N6O2. The van der Waals surface area contributed by atoms with Crippen LogP contribution < -0.4 is 0 Å². The Kier molecular flexibility index (Phi) is 3.50. The van der Waals surface area contributed by atoms with Gasteiger partial charge in [-0.2, -0.15) is 10.4 Å². The molecule has 0 bridgehead atoms. The van der Waals surface area contributed by atoms with E-state index in [1.54, 1.807) is 17.1 Å². The molecule has 25 heavy (non-hydrogen) atoms. The molecule has 4 rings (SSSR count). The van der Waals surface area contributed by atoms with Gasteiger partial charge in [-0.05, 0) is 31.0 Å². The van der Waals surface area contributed by atoms with Crippen molar-refractivity contribution in [2.24, 2.45) is 0 Å². The van der Waals surface area contributed by atoms with Gasteiger partial charge in [0.25, 0.3) is 0 Å². The highest BCUT2D eigenvalue weighted by Crippen LogP contribution is 2.41. The molecule has 1 saturated heterocycles. The minimum Gasteiger partial charge on any atom is -0.327 e. The Morgan fingerprint density at radius 1 is 1.20 bits per heavy atom. The van der Waals surface area contributed by atoms with Crippen molar-refractivity contribution in [3.05, 3.63) is 42.5 Å². The first-order valence-electron chi connectivity index (χ1n) is 8.10. The van der Waals surface area contributed by atoms with Gasteiger partial charge < -0.3 is 9.80 Å². The van der Waals surface area contributed by atoms with Crippen molar-refractivity contribution in [2.75, 3.05) is 13.1 Å². The molecule has 0 atom stereocenters. The molecule has 2 aromatic heterocycles. The molecule has 0 radical (unpaired) electrons. The number of pyridine rings is 1. The maximum absolute atomic E-state index is 12.4. The van der Waals surface area contributed by atoms with Crippen molar-refractivity contribution in [1.82, 2.24) is 24.6 Å². The minimum atomic E-state index is -0.748. The molecule has 2 aromatic rings. The van der Waals surface area contributed by atoms with Crippen LogP contribution >= 0.6 is 0 Å². The first-order chi connectivity index (χ1) is 12.1. The predicted molar refractivity (Wildman–Crippen MR) is 86.1 cm³/mol. The Morgan fingerprint density at radius 3 is 2.64 bits per heavy atom. The highest BCUT2D eigenvalue weighted by Gasteiger charge is 2.54. The van der Waals surface area contributed by atoms with E-state index >= 15 is 0 Å². The number of aromatic nitrogens is 3. The number of amides is 2. The molecule has 0 unspecified atom stereocenters. The first kappa shape index (κ1) is 15.3. The smallest absolute Gasteiger partial charge is 0.313 e. The van der Waals surface area contributed by atoms with Crippen LogP contribution in [0.4, 0.5) is 0 Å². The summed E-state index contributed by atoms with van der Waals surface area (Å²) in [6.07, 6.45) is 6.49. The highest BCUT2D eigenvalue weighted by atomic mass is 16.2. The summed E-state index contributed by atoms with van der Waals surface area (Å²) >= 11 is 0. The molecule has 1 aliphatic heterocycles. The fraction of sp³-hybridized carbons (Fsp3) is 0.353. The van der Waals surface area contributed by atoms with E-state index < -0.39 is 17.4 Å². The molecule has 0 aromatic carbocycles. The Morgan fingerprint density at radius 2 is 2.04 bits per heavy atom. The summed E-state index contributed by atoms with van der Waals surface area (Å²) in [5, 5.41) is 13.4. The number of carbonyl (C=O) groups excluding carboxylic acids is 2. The van der Waals surface area contributed by atoms with E-state index in [1.807, 2.05) is 24.4 Å². The van der Waals surface area contributed by atoms with E-state index in [-0.39, 0.29) is 6.54 Å². The van der Waals surface area contributed by atoms with Gasteiger partial charge in [0.15, 0.2) is 0 Å². The average molecular weight is 336 g/mol. The van der Waals surface area contributed by atoms with Gasteiger partial charge in [0.05, 0.1) is 30.2 Å². The average Bonchev–Trinajstić information content (AvgIpc) is 3.23. The number of carbonyl (C=O) groups is 2. The zero-order valence-corrected chi connectivity index (χ0v) is 13.5. The molecule has 1 saturated carbocycles. The lowest BCUT2D eigenvalue weighted by atomic mass is 10.2. The summed E-state index contributed by atoms with van der Waals surface area (Å²) in [5.74, 6) is -1.15. The Hall–Kier alpha value is -3.21. The number of rotatable bonds is 4. The topological polar surface area (TPSA) is 95.1 Å². The maximum Gasteiger partial charge on any atom is 0.313 e. The molecule has 1 aliphatic carbocycles. The van der Waals surface area contributed by atoms with Gasteiger partial charge in [0, 0.05) is 25.5 Å². The third-order valence-corrected chi connectivity index (χ3v) is 4.69. The van der Waals surface area contributed by atoms with Crippen LogP contribution in [0, 0.1) is 11.3 Å². The minimum absolute atomic E-state index is 0.275. The van der Waals surface area contributed by atoms with Gasteiger partial charge in [0.2, 0.25) is 0 Å². The fourth-order valence-corrected chi connectivity index (χ4v) is 3.06. The second-order valence-electron chi connectivity index (χ2n) is 6.29. The van der Waals surface area contributed by atoms with Gasteiger partial charge >= 0.3 is 11.8 Å². The van der Waals surface area contributed by atoms with Crippen LogP contribution in [0.15, 0.2) is 36.8 Å². The normalized spacial score (nSPS) is 19.0. The van der Waals surface area contributed by atoms with Crippen molar-refractivity contribution in [3.8, 4) is 11.8 Å². The standard InChI is InChI=1S/C17H16N6O2/c18-12-17(4-5-17)22-9-8-21(15(24)16(22)25)11-13-2-3-14(10-19-13)23-7-1-6-20-23/h1-3,6-7,10H,4-5,8-9,11H2. The summed E-state index contributed by atoms with van der Waals surface area (Å²) in [6, 6.07) is 7.68. The molecule has 8 nitrogen and oxygen atoms in total. The van der Waals surface area contributed by atoms with E-state index in [4.69, 9.17) is 0 Å². The molecule has 0 N–H and O–H groups in total. The monoisotopic (exact) mass is 336 g/mol. The Labute approximate surface area is 144 Å². The molecule has 2 fully saturated rings. The quantitative estimate of drug-likeness (QED) is 0.758. The van der Waals surface area contributed by atoms with E-state index in [2.05, 4.69) is 16.2 Å². The fourth-order valence-electron chi connectivity index (χ4n) is 3.06. The Balaban J connectivity index is 1.44. The van der Waals surface area contributed by atoms with Crippen LogP contribution in [0.2, 0.25) is 0 Å². The van der Waals surface area contributed by atoms with Gasteiger partial charge in [-0.15, -0.1) is 0 Å². The number of piperazine rings is 1. The molecule has 2 amide bonds. The summed E-state index contributed by atoms with van der Waals surface area (Å²) in [6.45, 7) is 1.08. The first-order valence-corrected chi connectivity index (χ1v) is 8.10. The summed E-state index contributed by atoms with van der Waals surface area (Å²) in [5.41, 5.74) is 0.778. The van der Waals surface area contributed by atoms with Crippen LogP contribution in [0.5, 0.6) is 0 Å². The highest BCUT2D eigenvalue weighted by molar-refractivity contribution is 6.35. The van der Waals surface area contributed by atoms with Gasteiger partial charge in [-0.25, -0.2) is 4.68 Å². The molecule has 126 valence electrons. The van der Waals surface area contributed by atoms with Crippen LogP contribution in [0.25, 0.3) is 5.69 Å². The third-order valence-electron chi connectivity index (χ3n) is 4.69. The van der Waals surface area contributed by atoms with Crippen molar-refractivity contribution < 1.29 is 9.59 Å². The molecule has 0 spiro atoms. The van der Waals surface area contributed by atoms with Crippen molar-refractivity contribution in [3.63, 3.8) is 0 Å². The van der Waals surface area contributed by atoms with E-state index in [1.165, 1.54) is 9.80 Å². The molecule has 3 heterocycles. The zero-order chi connectivity index (χ0) is 17.4. The van der Waals surface area contributed by atoms with Crippen LogP contribution in [-0.4, -0.2) is 55.0 Å². The van der Waals surface area contributed by atoms with Gasteiger partial charge in [-0.3, -0.25) is 14.6 Å². The van der Waals surface area contributed by atoms with Gasteiger partial charge in [0.1, 0.15) is 5.54 Å². The zero-order valence-electron chi connectivity index (χ0n) is 13.5. The lowest BCUT2D eigenvalue weighted by Gasteiger charge is -2.36. The molecular weight excluding hydrogens is 320 g/mol. The largest absolute Gasteiger partial charge is 0.327 e. The van der Waals surface area contributed by atoms with Crippen LogP contribution in [0.1, 0.15) is 18.5 Å². The van der Waals surface area contributed by atoms with Crippen LogP contribution in [-0.2, 0) is 16.1 Å². The number of nitrogens with zero attached hydrogens (tertiary/aromatic N) is 6. The summed E-state index contributed by atoms with van der Waals surface area (Å²) in [4.78, 5) is 32.0. The second-order valence-corrected chi connectivity index (χ2v) is 6.29. The number of nitriles is 1. The van der Waals surface area contributed by atoms with Crippen LogP contribution in [0.3, 0.4) is 0 Å². The lowest BCUT2D eigenvalue weighted by Crippen LogP contribution is -2.57. The second kappa shape index (κ2) is 5.70. The summed E-state index contributed by atoms with van der Waals surface area (Å²) in [7, 11) is 0. The Bertz CT molecular complexity index is 848. The van der Waals surface area contributed by atoms with Crippen molar-refractivity contribution >= 4 is 11.8 Å². The van der Waals surface area contributed by atoms with Crippen molar-refractivity contribution in [2.45, 2.75) is 24.9 Å². The predicted octanol–water partition coefficient (Wildman–Crippen LogP) is 0.494. The SMILES string of the molecule is N#CC1(N2CCN(Cc3ccc(-n4cccn4)cn3)C(=O)C2=O)CC1. The number of hydrogen-bond acceptors (Lipinski definition) is 5. The van der Waals surface area contributed by atoms with E-state index in [0.717, 1.165) is 5.69 Å². The molecule has 2 aliphatic rings. The number of hydrogen-bond donors (Lipinski definition) is 0. The maximum atomic E-state index is 12.4. The lowest BCUT2D eigenvalue weighted by molar-refractivity contribution is -0.158. The molecule has 8 heteroatoms. The van der Waals surface area contributed by atoms with Gasteiger partial charge in [-0.1, -0.05) is 0 Å².